The summed E-state index contributed by atoms with van der Waals surface area (Å²) in [7, 11) is 0. The Hall–Kier alpha value is -1.56. The van der Waals surface area contributed by atoms with Crippen molar-refractivity contribution in [2.45, 2.75) is 13.3 Å². The monoisotopic (exact) mass is 238 g/mol. The van der Waals surface area contributed by atoms with Crippen molar-refractivity contribution in [1.29, 1.82) is 0 Å². The van der Waals surface area contributed by atoms with Gasteiger partial charge in [0.15, 0.2) is 5.82 Å². The Balaban J connectivity index is 2.18. The Morgan fingerprint density at radius 1 is 1.59 bits per heavy atom. The topological polar surface area (TPSA) is 84.5 Å². The number of aliphatic hydroxyl groups excluding tert-OH is 1. The van der Waals surface area contributed by atoms with Crippen molar-refractivity contribution in [2.24, 2.45) is 5.92 Å². The molecule has 2 rings (SSSR count). The second-order valence-corrected chi connectivity index (χ2v) is 4.13. The summed E-state index contributed by atoms with van der Waals surface area (Å²) in [6.07, 6.45) is 2.42. The largest absolute Gasteiger partial charge is 0.476 e. The molecule has 1 atom stereocenters. The number of hydrogen-bond acceptors (Lipinski definition) is 6. The number of hydrogen-bond donors (Lipinski definition) is 2. The molecule has 6 nitrogen and oxygen atoms in total. The number of nitrogen functional groups attached to an aromatic ring is 1. The first-order valence-electron chi connectivity index (χ1n) is 5.85. The van der Waals surface area contributed by atoms with Gasteiger partial charge in [0.25, 0.3) is 0 Å². The van der Waals surface area contributed by atoms with E-state index in [0.29, 0.717) is 29.9 Å². The summed E-state index contributed by atoms with van der Waals surface area (Å²) in [5.74, 6) is 1.45. The van der Waals surface area contributed by atoms with Crippen molar-refractivity contribution < 1.29 is 9.84 Å². The molecule has 6 heteroatoms. The smallest absolute Gasteiger partial charge is 0.242 e. The fraction of sp³-hybridized carbons (Fsp3) is 0.636. The van der Waals surface area contributed by atoms with Crippen LogP contribution < -0.4 is 15.4 Å². The Bertz CT molecular complexity index is 386. The minimum Gasteiger partial charge on any atom is -0.476 e. The van der Waals surface area contributed by atoms with E-state index in [0.717, 1.165) is 19.5 Å². The van der Waals surface area contributed by atoms with E-state index in [1.165, 1.54) is 6.33 Å². The molecule has 0 spiro atoms. The maximum atomic E-state index is 9.12. The molecule has 17 heavy (non-hydrogen) atoms. The Labute approximate surface area is 100 Å². The molecular weight excluding hydrogens is 220 g/mol. The van der Waals surface area contributed by atoms with Gasteiger partial charge < -0.3 is 20.5 Å². The number of ether oxygens (including phenoxy) is 1. The van der Waals surface area contributed by atoms with Gasteiger partial charge in [-0.05, 0) is 13.3 Å². The van der Waals surface area contributed by atoms with Gasteiger partial charge in [-0.2, -0.15) is 4.98 Å². The quantitative estimate of drug-likeness (QED) is 0.783. The summed E-state index contributed by atoms with van der Waals surface area (Å²) >= 11 is 0. The van der Waals surface area contributed by atoms with Crippen molar-refractivity contribution >= 4 is 11.5 Å². The minimum atomic E-state index is 0.208. The van der Waals surface area contributed by atoms with Crippen molar-refractivity contribution in [3.8, 4) is 5.88 Å². The van der Waals surface area contributed by atoms with Gasteiger partial charge in [0.2, 0.25) is 5.88 Å². The van der Waals surface area contributed by atoms with Gasteiger partial charge in [-0.15, -0.1) is 0 Å². The lowest BCUT2D eigenvalue weighted by Gasteiger charge is -2.19. The molecule has 0 amide bonds. The highest BCUT2D eigenvalue weighted by Gasteiger charge is 2.25. The van der Waals surface area contributed by atoms with Gasteiger partial charge in [0.05, 0.1) is 6.61 Å². The molecule has 1 aliphatic heterocycles. The number of rotatable bonds is 4. The standard InChI is InChI=1S/C11H18N4O2/c1-2-17-11-9(12)10(13-7-14-11)15-4-3-8(5-15)6-16/h7-8,16H,2-6,12H2,1H3. The Kier molecular flexibility index (Phi) is 3.63. The summed E-state index contributed by atoms with van der Waals surface area (Å²) in [6.45, 7) is 4.26. The first-order valence-corrected chi connectivity index (χ1v) is 5.85. The molecular formula is C11H18N4O2. The van der Waals surface area contributed by atoms with E-state index in [9.17, 15) is 0 Å². The first-order chi connectivity index (χ1) is 8.26. The van der Waals surface area contributed by atoms with Crippen LogP contribution in [-0.2, 0) is 0 Å². The summed E-state index contributed by atoms with van der Waals surface area (Å²) < 4.78 is 5.34. The van der Waals surface area contributed by atoms with E-state index >= 15 is 0 Å². The molecule has 1 aromatic rings. The normalized spacial score (nSPS) is 19.6. The lowest BCUT2D eigenvalue weighted by atomic mass is 10.1. The van der Waals surface area contributed by atoms with Crippen molar-refractivity contribution in [1.82, 2.24) is 9.97 Å². The van der Waals surface area contributed by atoms with Crippen LogP contribution in [-0.4, -0.2) is 41.4 Å². The van der Waals surface area contributed by atoms with Crippen LogP contribution >= 0.6 is 0 Å². The second-order valence-electron chi connectivity index (χ2n) is 4.13. The molecule has 1 saturated heterocycles. The second kappa shape index (κ2) is 5.18. The van der Waals surface area contributed by atoms with Gasteiger partial charge in [-0.25, -0.2) is 4.98 Å². The van der Waals surface area contributed by atoms with Crippen molar-refractivity contribution in [3.05, 3.63) is 6.33 Å². The average molecular weight is 238 g/mol. The van der Waals surface area contributed by atoms with Gasteiger partial charge in [-0.3, -0.25) is 0 Å². The van der Waals surface area contributed by atoms with Gasteiger partial charge in [0.1, 0.15) is 12.0 Å². The predicted octanol–water partition coefficient (Wildman–Crippen LogP) is 0.276. The zero-order valence-corrected chi connectivity index (χ0v) is 9.96. The molecule has 94 valence electrons. The lowest BCUT2D eigenvalue weighted by molar-refractivity contribution is 0.238. The average Bonchev–Trinajstić information content (AvgIpc) is 2.80. The highest BCUT2D eigenvalue weighted by atomic mass is 16.5. The Morgan fingerprint density at radius 2 is 2.41 bits per heavy atom. The van der Waals surface area contributed by atoms with Crippen LogP contribution in [0.4, 0.5) is 11.5 Å². The first kappa shape index (κ1) is 11.9. The molecule has 0 saturated carbocycles. The molecule has 1 unspecified atom stereocenters. The van der Waals surface area contributed by atoms with Crippen LogP contribution in [0, 0.1) is 5.92 Å². The van der Waals surface area contributed by atoms with Crippen LogP contribution in [0.25, 0.3) is 0 Å². The van der Waals surface area contributed by atoms with Gasteiger partial charge >= 0.3 is 0 Å². The van der Waals surface area contributed by atoms with E-state index in [4.69, 9.17) is 15.6 Å². The zero-order valence-electron chi connectivity index (χ0n) is 9.96. The Morgan fingerprint density at radius 3 is 3.06 bits per heavy atom. The van der Waals surface area contributed by atoms with Gasteiger partial charge in [-0.1, -0.05) is 0 Å². The third-order valence-corrected chi connectivity index (χ3v) is 2.95. The number of nitrogens with two attached hydrogens (primary N) is 1. The van der Waals surface area contributed by atoms with Crippen molar-refractivity contribution in [3.63, 3.8) is 0 Å². The molecule has 0 aromatic carbocycles. The van der Waals surface area contributed by atoms with Crippen molar-refractivity contribution in [2.75, 3.05) is 36.9 Å². The van der Waals surface area contributed by atoms with Crippen LogP contribution in [0.15, 0.2) is 6.33 Å². The van der Waals surface area contributed by atoms with E-state index in [2.05, 4.69) is 14.9 Å². The molecule has 2 heterocycles. The van der Waals surface area contributed by atoms with Crippen LogP contribution in [0.3, 0.4) is 0 Å². The number of aromatic nitrogens is 2. The van der Waals surface area contributed by atoms with E-state index in [-0.39, 0.29) is 6.61 Å². The molecule has 3 N–H and O–H groups in total. The highest BCUT2D eigenvalue weighted by Crippen LogP contribution is 2.31. The summed E-state index contributed by atoms with van der Waals surface area (Å²) in [5, 5.41) is 9.12. The number of aliphatic hydroxyl groups is 1. The maximum absolute atomic E-state index is 9.12. The van der Waals surface area contributed by atoms with Crippen LogP contribution in [0.1, 0.15) is 13.3 Å². The third kappa shape index (κ3) is 2.41. The van der Waals surface area contributed by atoms with Gasteiger partial charge in [0, 0.05) is 25.6 Å². The molecule has 1 aliphatic rings. The highest BCUT2D eigenvalue weighted by molar-refractivity contribution is 5.68. The summed E-state index contributed by atoms with van der Waals surface area (Å²) in [6, 6.07) is 0. The van der Waals surface area contributed by atoms with E-state index in [1.54, 1.807) is 0 Å². The summed E-state index contributed by atoms with van der Waals surface area (Å²) in [4.78, 5) is 10.3. The molecule has 0 aliphatic carbocycles. The van der Waals surface area contributed by atoms with E-state index in [1.807, 2.05) is 6.92 Å². The van der Waals surface area contributed by atoms with Crippen LogP contribution in [0.2, 0.25) is 0 Å². The zero-order chi connectivity index (χ0) is 12.3. The molecule has 0 bridgehead atoms. The third-order valence-electron chi connectivity index (χ3n) is 2.95. The van der Waals surface area contributed by atoms with E-state index < -0.39 is 0 Å². The fourth-order valence-electron chi connectivity index (χ4n) is 2.05. The molecule has 1 fully saturated rings. The van der Waals surface area contributed by atoms with Crippen LogP contribution in [0.5, 0.6) is 5.88 Å². The molecule has 1 aromatic heterocycles. The predicted molar refractivity (Wildman–Crippen MR) is 65.0 cm³/mol. The number of nitrogens with zero attached hydrogens (tertiary/aromatic N) is 3. The summed E-state index contributed by atoms with van der Waals surface area (Å²) in [5.41, 5.74) is 6.46. The minimum absolute atomic E-state index is 0.208. The molecule has 0 radical (unpaired) electrons. The maximum Gasteiger partial charge on any atom is 0.242 e. The fourth-order valence-corrected chi connectivity index (χ4v) is 2.05. The number of anilines is 2. The lowest BCUT2D eigenvalue weighted by Crippen LogP contribution is -2.23. The SMILES string of the molecule is CCOc1ncnc(N2CCC(CO)C2)c1N.